The molecule has 0 amide bonds. The Labute approximate surface area is 144 Å². The van der Waals surface area contributed by atoms with Crippen LogP contribution in [0.2, 0.25) is 0 Å². The Morgan fingerprint density at radius 3 is 2.80 bits per heavy atom. The smallest absolute Gasteiger partial charge is 0.173 e. The fourth-order valence-electron chi connectivity index (χ4n) is 2.49. The van der Waals surface area contributed by atoms with Crippen LogP contribution in [0.15, 0.2) is 67.8 Å². The summed E-state index contributed by atoms with van der Waals surface area (Å²) in [5, 5.41) is 11.6. The molecule has 0 saturated carbocycles. The number of hydrogen-bond acceptors (Lipinski definition) is 6. The van der Waals surface area contributed by atoms with E-state index in [1.807, 2.05) is 18.3 Å². The Hall–Kier alpha value is -3.55. The number of rotatable bonds is 6. The van der Waals surface area contributed by atoms with Crippen molar-refractivity contribution in [1.29, 1.82) is 0 Å². The highest BCUT2D eigenvalue weighted by atomic mass is 15.3. The highest BCUT2D eigenvalue weighted by Crippen LogP contribution is 2.11. The molecule has 1 N–H and O–H groups in total. The van der Waals surface area contributed by atoms with E-state index in [4.69, 9.17) is 0 Å². The first-order chi connectivity index (χ1) is 12.4. The van der Waals surface area contributed by atoms with Crippen molar-refractivity contribution >= 4 is 5.82 Å². The van der Waals surface area contributed by atoms with E-state index in [1.165, 1.54) is 11.9 Å². The summed E-state index contributed by atoms with van der Waals surface area (Å²) in [6.45, 7) is 1.35. The minimum atomic E-state index is 0.655. The Morgan fingerprint density at radius 2 is 1.96 bits per heavy atom. The van der Waals surface area contributed by atoms with E-state index >= 15 is 0 Å². The molecular formula is C17H16N8. The summed E-state index contributed by atoms with van der Waals surface area (Å²) in [6, 6.07) is 10.2. The van der Waals surface area contributed by atoms with Gasteiger partial charge in [-0.2, -0.15) is 10.2 Å². The molecule has 0 atom stereocenters. The summed E-state index contributed by atoms with van der Waals surface area (Å²) in [5.41, 5.74) is 2.32. The van der Waals surface area contributed by atoms with E-state index in [-0.39, 0.29) is 0 Å². The van der Waals surface area contributed by atoms with Gasteiger partial charge in [0.1, 0.15) is 18.5 Å². The lowest BCUT2D eigenvalue weighted by Crippen LogP contribution is -2.06. The fraction of sp³-hybridized carbons (Fsp3) is 0.118. The monoisotopic (exact) mass is 332 g/mol. The summed E-state index contributed by atoms with van der Waals surface area (Å²) >= 11 is 0. The number of anilines is 1. The molecule has 25 heavy (non-hydrogen) atoms. The molecular weight excluding hydrogens is 316 g/mol. The van der Waals surface area contributed by atoms with E-state index < -0.39 is 0 Å². The van der Waals surface area contributed by atoms with E-state index in [0.717, 1.165) is 5.56 Å². The van der Waals surface area contributed by atoms with Crippen molar-refractivity contribution in [2.45, 2.75) is 13.1 Å². The zero-order valence-electron chi connectivity index (χ0n) is 13.4. The Bertz CT molecular complexity index is 931. The van der Waals surface area contributed by atoms with Crippen LogP contribution in [0.25, 0.3) is 5.82 Å². The second-order valence-corrected chi connectivity index (χ2v) is 5.48. The molecule has 3 aromatic heterocycles. The molecule has 0 bridgehead atoms. The van der Waals surface area contributed by atoms with Gasteiger partial charge in [0.05, 0.1) is 18.9 Å². The molecule has 0 unspecified atom stereocenters. The zero-order chi connectivity index (χ0) is 16.9. The van der Waals surface area contributed by atoms with Crippen LogP contribution < -0.4 is 5.32 Å². The lowest BCUT2D eigenvalue weighted by atomic mass is 10.1. The minimum Gasteiger partial charge on any atom is -0.365 e. The van der Waals surface area contributed by atoms with Crippen LogP contribution >= 0.6 is 0 Å². The molecule has 3 heterocycles. The number of hydrogen-bond donors (Lipinski definition) is 1. The van der Waals surface area contributed by atoms with Crippen LogP contribution in [0.4, 0.5) is 5.82 Å². The number of nitrogens with one attached hydrogen (secondary N) is 1. The second kappa shape index (κ2) is 6.91. The largest absolute Gasteiger partial charge is 0.365 e. The molecule has 124 valence electrons. The summed E-state index contributed by atoms with van der Waals surface area (Å²) in [5.74, 6) is 1.38. The zero-order valence-corrected chi connectivity index (χ0v) is 13.4. The normalized spacial score (nSPS) is 10.7. The van der Waals surface area contributed by atoms with Crippen molar-refractivity contribution in [3.63, 3.8) is 0 Å². The van der Waals surface area contributed by atoms with Gasteiger partial charge in [-0.1, -0.05) is 24.3 Å². The quantitative estimate of drug-likeness (QED) is 0.580. The molecule has 1 aromatic carbocycles. The average Bonchev–Trinajstić information content (AvgIpc) is 3.35. The topological polar surface area (TPSA) is 86.3 Å². The van der Waals surface area contributed by atoms with Gasteiger partial charge in [0.25, 0.3) is 0 Å². The van der Waals surface area contributed by atoms with E-state index in [1.54, 1.807) is 34.3 Å². The lowest BCUT2D eigenvalue weighted by Gasteiger charge is -2.09. The molecule has 4 rings (SSSR count). The maximum Gasteiger partial charge on any atom is 0.173 e. The molecule has 0 saturated heterocycles. The van der Waals surface area contributed by atoms with Crippen LogP contribution in [0.5, 0.6) is 0 Å². The van der Waals surface area contributed by atoms with Crippen molar-refractivity contribution in [2.75, 3.05) is 5.32 Å². The molecule has 8 heteroatoms. The van der Waals surface area contributed by atoms with Crippen molar-refractivity contribution in [3.8, 4) is 5.82 Å². The van der Waals surface area contributed by atoms with E-state index in [2.05, 4.69) is 48.7 Å². The summed E-state index contributed by atoms with van der Waals surface area (Å²) in [4.78, 5) is 12.7. The van der Waals surface area contributed by atoms with Crippen molar-refractivity contribution < 1.29 is 0 Å². The first-order valence-corrected chi connectivity index (χ1v) is 7.83. The van der Waals surface area contributed by atoms with Gasteiger partial charge in [0.15, 0.2) is 5.82 Å². The molecule has 0 aliphatic rings. The van der Waals surface area contributed by atoms with Gasteiger partial charge in [-0.25, -0.2) is 19.3 Å². The Kier molecular flexibility index (Phi) is 4.15. The molecule has 0 spiro atoms. The third-order valence-corrected chi connectivity index (χ3v) is 3.64. The van der Waals surface area contributed by atoms with Gasteiger partial charge in [0, 0.05) is 18.9 Å². The first kappa shape index (κ1) is 15.0. The maximum absolute atomic E-state index is 4.52. The average molecular weight is 332 g/mol. The van der Waals surface area contributed by atoms with Gasteiger partial charge in [-0.15, -0.1) is 0 Å². The highest BCUT2D eigenvalue weighted by Gasteiger charge is 2.02. The van der Waals surface area contributed by atoms with Crippen LogP contribution in [-0.4, -0.2) is 34.5 Å². The van der Waals surface area contributed by atoms with E-state index in [9.17, 15) is 0 Å². The van der Waals surface area contributed by atoms with Gasteiger partial charge in [-0.3, -0.25) is 4.98 Å². The van der Waals surface area contributed by atoms with Crippen LogP contribution in [0.1, 0.15) is 11.1 Å². The van der Waals surface area contributed by atoms with Gasteiger partial charge < -0.3 is 5.32 Å². The van der Waals surface area contributed by atoms with Crippen molar-refractivity contribution in [2.24, 2.45) is 0 Å². The number of nitrogens with zero attached hydrogens (tertiary/aromatic N) is 7. The predicted octanol–water partition coefficient (Wildman–Crippen LogP) is 1.91. The first-order valence-electron chi connectivity index (χ1n) is 7.83. The van der Waals surface area contributed by atoms with Gasteiger partial charge in [-0.05, 0) is 17.2 Å². The van der Waals surface area contributed by atoms with Crippen LogP contribution in [0.3, 0.4) is 0 Å². The summed E-state index contributed by atoms with van der Waals surface area (Å²) in [7, 11) is 0. The summed E-state index contributed by atoms with van der Waals surface area (Å²) in [6.07, 6.45) is 10.2. The van der Waals surface area contributed by atoms with Gasteiger partial charge in [0.2, 0.25) is 0 Å². The maximum atomic E-state index is 4.52. The van der Waals surface area contributed by atoms with Crippen LogP contribution in [-0.2, 0) is 13.1 Å². The molecule has 8 nitrogen and oxygen atoms in total. The molecule has 0 radical (unpaired) electrons. The Morgan fingerprint density at radius 1 is 1.00 bits per heavy atom. The molecule has 0 aliphatic carbocycles. The molecule has 0 fully saturated rings. The lowest BCUT2D eigenvalue weighted by molar-refractivity contribution is 0.684. The number of aromatic nitrogens is 7. The summed E-state index contributed by atoms with van der Waals surface area (Å²) < 4.78 is 3.47. The number of benzene rings is 1. The predicted molar refractivity (Wildman–Crippen MR) is 92.0 cm³/mol. The minimum absolute atomic E-state index is 0.655. The second-order valence-electron chi connectivity index (χ2n) is 5.48. The van der Waals surface area contributed by atoms with Crippen molar-refractivity contribution in [3.05, 3.63) is 78.9 Å². The third kappa shape index (κ3) is 3.69. The Balaban J connectivity index is 1.44. The van der Waals surface area contributed by atoms with Crippen LogP contribution in [0, 0.1) is 0 Å². The van der Waals surface area contributed by atoms with E-state index in [0.29, 0.717) is 24.7 Å². The fourth-order valence-corrected chi connectivity index (χ4v) is 2.49. The SMILES string of the molecule is c1cc(CNc2cncc(-n3cccn3)n2)cc(Cn2cncn2)c1. The van der Waals surface area contributed by atoms with Gasteiger partial charge >= 0.3 is 0 Å². The highest BCUT2D eigenvalue weighted by molar-refractivity contribution is 5.37. The third-order valence-electron chi connectivity index (χ3n) is 3.64. The molecule has 4 aromatic rings. The molecule has 0 aliphatic heterocycles. The standard InChI is InChI=1S/C17H16N8/c1-3-14(7-15(4-1)11-24-13-19-12-22-24)8-20-16-9-18-10-17(23-16)25-6-2-5-21-25/h1-7,9-10,12-13H,8,11H2,(H,20,23). The van der Waals surface area contributed by atoms with Crippen molar-refractivity contribution in [1.82, 2.24) is 34.5 Å².